The van der Waals surface area contributed by atoms with Crippen molar-refractivity contribution in [1.29, 1.82) is 0 Å². The third kappa shape index (κ3) is 4.31. The van der Waals surface area contributed by atoms with Gasteiger partial charge in [-0.05, 0) is 57.4 Å². The Hall–Kier alpha value is -0.380. The van der Waals surface area contributed by atoms with E-state index in [0.717, 1.165) is 16.8 Å². The van der Waals surface area contributed by atoms with Crippen molar-refractivity contribution in [2.24, 2.45) is 5.92 Å². The third-order valence-corrected chi connectivity index (χ3v) is 5.09. The molecule has 4 unspecified atom stereocenters. The van der Waals surface area contributed by atoms with Gasteiger partial charge in [-0.15, -0.1) is 0 Å². The Morgan fingerprint density at radius 1 is 1.30 bits per heavy atom. The lowest BCUT2D eigenvalue weighted by Gasteiger charge is -2.41. The molecule has 3 heteroatoms. The Morgan fingerprint density at radius 2 is 1.95 bits per heavy atom. The van der Waals surface area contributed by atoms with Crippen LogP contribution < -0.4 is 5.32 Å². The normalized spacial score (nSPS) is 29.4. The summed E-state index contributed by atoms with van der Waals surface area (Å²) in [6.45, 7) is 8.20. The summed E-state index contributed by atoms with van der Waals surface area (Å²) in [5, 5.41) is 3.84. The summed E-state index contributed by atoms with van der Waals surface area (Å²) in [5.74, 6) is 0.726. The van der Waals surface area contributed by atoms with Gasteiger partial charge in [0.1, 0.15) is 0 Å². The van der Waals surface area contributed by atoms with Gasteiger partial charge in [0.2, 0.25) is 0 Å². The van der Waals surface area contributed by atoms with Gasteiger partial charge >= 0.3 is 0 Å². The van der Waals surface area contributed by atoms with Crippen LogP contribution in [0.2, 0.25) is 0 Å². The Balaban J connectivity index is 1.87. The van der Waals surface area contributed by atoms with Crippen LogP contribution in [-0.4, -0.2) is 36.6 Å². The van der Waals surface area contributed by atoms with Gasteiger partial charge in [0.15, 0.2) is 0 Å². The van der Waals surface area contributed by atoms with Gasteiger partial charge in [0.05, 0.1) is 0 Å². The maximum absolute atomic E-state index is 3.84. The first-order chi connectivity index (χ1) is 9.45. The second-order valence-corrected chi connectivity index (χ2v) is 7.42. The number of hydrogen-bond acceptors (Lipinski definition) is 2. The second kappa shape index (κ2) is 7.06. The van der Waals surface area contributed by atoms with Crippen LogP contribution in [0.1, 0.15) is 32.8 Å². The van der Waals surface area contributed by atoms with Crippen LogP contribution in [0, 0.1) is 5.92 Å². The highest BCUT2D eigenvalue weighted by Crippen LogP contribution is 2.21. The zero-order valence-electron chi connectivity index (χ0n) is 13.1. The first kappa shape index (κ1) is 16.0. The highest BCUT2D eigenvalue weighted by atomic mass is 79.9. The highest BCUT2D eigenvalue weighted by Gasteiger charge is 2.29. The van der Waals surface area contributed by atoms with E-state index in [-0.39, 0.29) is 0 Å². The van der Waals surface area contributed by atoms with Crippen LogP contribution in [0.25, 0.3) is 0 Å². The SMILES string of the molecule is CC(Cc1ccc(Br)cc1)NC1CC(C)N(C)CC1C. The van der Waals surface area contributed by atoms with Crippen LogP contribution in [0.4, 0.5) is 0 Å². The summed E-state index contributed by atoms with van der Waals surface area (Å²) >= 11 is 3.49. The fraction of sp³-hybridized carbons (Fsp3) is 0.647. The van der Waals surface area contributed by atoms with E-state index in [4.69, 9.17) is 0 Å². The van der Waals surface area contributed by atoms with E-state index >= 15 is 0 Å². The lowest BCUT2D eigenvalue weighted by molar-refractivity contribution is 0.116. The molecule has 1 saturated heterocycles. The average molecular weight is 339 g/mol. The highest BCUT2D eigenvalue weighted by molar-refractivity contribution is 9.10. The van der Waals surface area contributed by atoms with Gasteiger partial charge < -0.3 is 10.2 Å². The molecule has 0 radical (unpaired) electrons. The Morgan fingerprint density at radius 3 is 2.60 bits per heavy atom. The molecule has 2 nitrogen and oxygen atoms in total. The molecule has 1 aliphatic heterocycles. The molecule has 1 N–H and O–H groups in total. The Kier molecular flexibility index (Phi) is 5.65. The minimum absolute atomic E-state index is 0.527. The van der Waals surface area contributed by atoms with Gasteiger partial charge in [0.25, 0.3) is 0 Å². The van der Waals surface area contributed by atoms with Crippen molar-refractivity contribution in [3.05, 3.63) is 34.3 Å². The van der Waals surface area contributed by atoms with E-state index in [0.29, 0.717) is 18.1 Å². The molecule has 1 heterocycles. The van der Waals surface area contributed by atoms with E-state index in [1.54, 1.807) is 0 Å². The number of nitrogens with one attached hydrogen (secondary N) is 1. The molecule has 0 spiro atoms. The Bertz CT molecular complexity index is 418. The van der Waals surface area contributed by atoms with Gasteiger partial charge in [-0.1, -0.05) is 35.0 Å². The fourth-order valence-electron chi connectivity index (χ4n) is 3.17. The van der Waals surface area contributed by atoms with Crippen LogP contribution in [0.5, 0.6) is 0 Å². The minimum Gasteiger partial charge on any atom is -0.311 e. The molecule has 0 saturated carbocycles. The zero-order valence-corrected chi connectivity index (χ0v) is 14.7. The van der Waals surface area contributed by atoms with E-state index in [9.17, 15) is 0 Å². The predicted molar refractivity (Wildman–Crippen MR) is 90.1 cm³/mol. The first-order valence-corrected chi connectivity index (χ1v) is 8.45. The summed E-state index contributed by atoms with van der Waals surface area (Å²) in [6, 6.07) is 10.5. The number of benzene rings is 1. The third-order valence-electron chi connectivity index (χ3n) is 4.56. The molecule has 0 aliphatic carbocycles. The topological polar surface area (TPSA) is 15.3 Å². The van der Waals surface area contributed by atoms with Crippen molar-refractivity contribution >= 4 is 15.9 Å². The zero-order chi connectivity index (χ0) is 14.7. The molecule has 0 amide bonds. The monoisotopic (exact) mass is 338 g/mol. The lowest BCUT2D eigenvalue weighted by atomic mass is 9.89. The fourth-order valence-corrected chi connectivity index (χ4v) is 3.44. The van der Waals surface area contributed by atoms with Crippen molar-refractivity contribution in [1.82, 2.24) is 10.2 Å². The van der Waals surface area contributed by atoms with Gasteiger partial charge in [-0.2, -0.15) is 0 Å². The molecule has 20 heavy (non-hydrogen) atoms. The molecule has 1 aliphatic rings. The molecule has 0 aromatic heterocycles. The van der Waals surface area contributed by atoms with Crippen LogP contribution in [-0.2, 0) is 6.42 Å². The Labute approximate surface area is 132 Å². The molecule has 4 atom stereocenters. The maximum atomic E-state index is 3.84. The molecule has 2 rings (SSSR count). The first-order valence-electron chi connectivity index (χ1n) is 7.66. The average Bonchev–Trinajstić information content (AvgIpc) is 2.39. The van der Waals surface area contributed by atoms with E-state index in [1.165, 1.54) is 18.5 Å². The number of nitrogens with zero attached hydrogens (tertiary/aromatic N) is 1. The van der Waals surface area contributed by atoms with Crippen molar-refractivity contribution in [3.63, 3.8) is 0 Å². The van der Waals surface area contributed by atoms with E-state index < -0.39 is 0 Å². The molecule has 112 valence electrons. The van der Waals surface area contributed by atoms with Gasteiger partial charge in [-0.3, -0.25) is 0 Å². The molecule has 1 aromatic carbocycles. The number of hydrogen-bond donors (Lipinski definition) is 1. The second-order valence-electron chi connectivity index (χ2n) is 6.51. The number of likely N-dealkylation sites (tertiary alicyclic amines) is 1. The number of halogens is 1. The molecule has 1 aromatic rings. The van der Waals surface area contributed by atoms with Crippen molar-refractivity contribution < 1.29 is 0 Å². The van der Waals surface area contributed by atoms with Crippen molar-refractivity contribution in [2.45, 2.75) is 51.7 Å². The van der Waals surface area contributed by atoms with Crippen molar-refractivity contribution in [3.8, 4) is 0 Å². The van der Waals surface area contributed by atoms with Gasteiger partial charge in [-0.25, -0.2) is 0 Å². The van der Waals surface area contributed by atoms with Crippen LogP contribution >= 0.6 is 15.9 Å². The van der Waals surface area contributed by atoms with Crippen LogP contribution in [0.15, 0.2) is 28.7 Å². The predicted octanol–water partition coefficient (Wildman–Crippen LogP) is 3.70. The smallest absolute Gasteiger partial charge is 0.0175 e. The van der Waals surface area contributed by atoms with E-state index in [2.05, 4.69) is 78.2 Å². The number of rotatable bonds is 4. The molecule has 0 bridgehead atoms. The van der Waals surface area contributed by atoms with Crippen LogP contribution in [0.3, 0.4) is 0 Å². The summed E-state index contributed by atoms with van der Waals surface area (Å²) < 4.78 is 1.15. The summed E-state index contributed by atoms with van der Waals surface area (Å²) in [4.78, 5) is 2.47. The van der Waals surface area contributed by atoms with Crippen molar-refractivity contribution in [2.75, 3.05) is 13.6 Å². The largest absolute Gasteiger partial charge is 0.311 e. The lowest BCUT2D eigenvalue weighted by Crippen LogP contribution is -2.53. The summed E-state index contributed by atoms with van der Waals surface area (Å²) in [7, 11) is 2.24. The minimum atomic E-state index is 0.527. The number of piperidine rings is 1. The van der Waals surface area contributed by atoms with Gasteiger partial charge in [0, 0.05) is 29.1 Å². The molecule has 1 fully saturated rings. The standard InChI is InChI=1S/C17H27BrN2/c1-12-11-20(4)14(3)10-17(12)19-13(2)9-15-5-7-16(18)8-6-15/h5-8,12-14,17,19H,9-11H2,1-4H3. The van der Waals surface area contributed by atoms with E-state index in [1.807, 2.05) is 0 Å². The summed E-state index contributed by atoms with van der Waals surface area (Å²) in [5.41, 5.74) is 1.40. The maximum Gasteiger partial charge on any atom is 0.0175 e. The molecular formula is C17H27BrN2. The quantitative estimate of drug-likeness (QED) is 0.900. The molecular weight excluding hydrogens is 312 g/mol. The summed E-state index contributed by atoms with van der Waals surface area (Å²) in [6.07, 6.45) is 2.35.